The first kappa shape index (κ1) is 19.8. The molecule has 0 aromatic carbocycles. The monoisotopic (exact) mass is 316 g/mol. The highest BCUT2D eigenvalue weighted by Crippen LogP contribution is 2.10. The first-order valence-electron chi connectivity index (χ1n) is 6.82. The summed E-state index contributed by atoms with van der Waals surface area (Å²) in [6.07, 6.45) is -0.0693. The second-order valence-electron chi connectivity index (χ2n) is 5.64. The molecule has 1 atom stereocenters. The smallest absolute Gasteiger partial charge is 0.329 e. The van der Waals surface area contributed by atoms with E-state index in [0.29, 0.717) is 0 Å². The van der Waals surface area contributed by atoms with E-state index in [1.54, 1.807) is 20.8 Å². The van der Waals surface area contributed by atoms with E-state index >= 15 is 0 Å². The SMILES string of the molecule is CC(C)(C)OC(=O)C(CCC(N)=O)NC(=O)CNC(=O)CN. The number of nitrogens with one attached hydrogen (secondary N) is 2. The third-order valence-electron chi connectivity index (χ3n) is 2.34. The molecular formula is C13H24N4O5. The maximum Gasteiger partial charge on any atom is 0.329 e. The normalized spacial score (nSPS) is 12.2. The van der Waals surface area contributed by atoms with E-state index in [9.17, 15) is 19.2 Å². The van der Waals surface area contributed by atoms with Gasteiger partial charge in [-0.05, 0) is 27.2 Å². The van der Waals surface area contributed by atoms with Gasteiger partial charge in [-0.1, -0.05) is 0 Å². The van der Waals surface area contributed by atoms with E-state index in [2.05, 4.69) is 10.6 Å². The number of carbonyl (C=O) groups is 4. The molecule has 0 saturated carbocycles. The van der Waals surface area contributed by atoms with E-state index in [1.165, 1.54) is 0 Å². The molecule has 3 amide bonds. The largest absolute Gasteiger partial charge is 0.458 e. The van der Waals surface area contributed by atoms with Crippen molar-refractivity contribution in [2.45, 2.75) is 45.3 Å². The molecule has 1 unspecified atom stereocenters. The molecular weight excluding hydrogens is 292 g/mol. The number of esters is 1. The van der Waals surface area contributed by atoms with Crippen molar-refractivity contribution in [2.75, 3.05) is 13.1 Å². The molecule has 0 rings (SSSR count). The van der Waals surface area contributed by atoms with Gasteiger partial charge in [-0.2, -0.15) is 0 Å². The van der Waals surface area contributed by atoms with Crippen LogP contribution in [0.2, 0.25) is 0 Å². The van der Waals surface area contributed by atoms with Gasteiger partial charge in [0.2, 0.25) is 17.7 Å². The third-order valence-corrected chi connectivity index (χ3v) is 2.34. The topological polar surface area (TPSA) is 154 Å². The predicted octanol–water partition coefficient (Wildman–Crippen LogP) is -1.85. The molecule has 0 aliphatic rings. The van der Waals surface area contributed by atoms with Crippen molar-refractivity contribution in [1.82, 2.24) is 10.6 Å². The Morgan fingerprint density at radius 3 is 2.18 bits per heavy atom. The molecule has 0 fully saturated rings. The van der Waals surface area contributed by atoms with Crippen LogP contribution >= 0.6 is 0 Å². The van der Waals surface area contributed by atoms with Crippen LogP contribution in [-0.4, -0.2) is 48.4 Å². The Hall–Kier alpha value is -2.16. The maximum atomic E-state index is 12.0. The van der Waals surface area contributed by atoms with Crippen molar-refractivity contribution in [3.63, 3.8) is 0 Å². The minimum atomic E-state index is -1.02. The molecule has 0 heterocycles. The number of ether oxygens (including phenoxy) is 1. The number of amides is 3. The lowest BCUT2D eigenvalue weighted by molar-refractivity contribution is -0.158. The van der Waals surface area contributed by atoms with Crippen LogP contribution in [0.25, 0.3) is 0 Å². The second kappa shape index (κ2) is 8.98. The number of carbonyl (C=O) groups excluding carboxylic acids is 4. The van der Waals surface area contributed by atoms with E-state index in [1.807, 2.05) is 0 Å². The fourth-order valence-electron chi connectivity index (χ4n) is 1.40. The number of hydrogen-bond acceptors (Lipinski definition) is 6. The highest BCUT2D eigenvalue weighted by Gasteiger charge is 2.26. The van der Waals surface area contributed by atoms with Gasteiger partial charge in [0, 0.05) is 6.42 Å². The molecule has 0 aliphatic carbocycles. The summed E-state index contributed by atoms with van der Waals surface area (Å²) in [5, 5.41) is 4.67. The highest BCUT2D eigenvalue weighted by molar-refractivity contribution is 5.89. The molecule has 0 aromatic rings. The van der Waals surface area contributed by atoms with Crippen molar-refractivity contribution in [1.29, 1.82) is 0 Å². The van der Waals surface area contributed by atoms with Crippen LogP contribution in [0.15, 0.2) is 0 Å². The van der Waals surface area contributed by atoms with Crippen molar-refractivity contribution in [3.05, 3.63) is 0 Å². The molecule has 0 aliphatic heterocycles. The minimum Gasteiger partial charge on any atom is -0.458 e. The molecule has 9 nitrogen and oxygen atoms in total. The van der Waals surface area contributed by atoms with Gasteiger partial charge < -0.3 is 26.8 Å². The van der Waals surface area contributed by atoms with Crippen LogP contribution in [0.1, 0.15) is 33.6 Å². The van der Waals surface area contributed by atoms with Gasteiger partial charge >= 0.3 is 5.97 Å². The summed E-state index contributed by atoms with van der Waals surface area (Å²) < 4.78 is 5.17. The molecule has 9 heteroatoms. The lowest BCUT2D eigenvalue weighted by Crippen LogP contribution is -2.48. The van der Waals surface area contributed by atoms with E-state index in [-0.39, 0.29) is 25.9 Å². The Morgan fingerprint density at radius 2 is 1.73 bits per heavy atom. The van der Waals surface area contributed by atoms with Crippen LogP contribution in [0.5, 0.6) is 0 Å². The predicted molar refractivity (Wildman–Crippen MR) is 78.3 cm³/mol. The zero-order valence-electron chi connectivity index (χ0n) is 13.1. The summed E-state index contributed by atoms with van der Waals surface area (Å²) in [4.78, 5) is 45.5. The van der Waals surface area contributed by atoms with Crippen LogP contribution < -0.4 is 22.1 Å². The van der Waals surface area contributed by atoms with Crippen LogP contribution in [0.4, 0.5) is 0 Å². The van der Waals surface area contributed by atoms with Gasteiger partial charge in [0.15, 0.2) is 0 Å². The number of nitrogens with two attached hydrogens (primary N) is 2. The van der Waals surface area contributed by atoms with Crippen molar-refractivity contribution < 1.29 is 23.9 Å². The fraction of sp³-hybridized carbons (Fsp3) is 0.692. The summed E-state index contributed by atoms with van der Waals surface area (Å²) >= 11 is 0. The Kier molecular flexibility index (Phi) is 8.10. The lowest BCUT2D eigenvalue weighted by atomic mass is 10.1. The first-order chi connectivity index (χ1) is 10.0. The molecule has 0 saturated heterocycles. The Balaban J connectivity index is 4.64. The quantitative estimate of drug-likeness (QED) is 0.386. The highest BCUT2D eigenvalue weighted by atomic mass is 16.6. The first-order valence-corrected chi connectivity index (χ1v) is 6.82. The van der Waals surface area contributed by atoms with E-state index in [4.69, 9.17) is 16.2 Å². The number of hydrogen-bond donors (Lipinski definition) is 4. The molecule has 6 N–H and O–H groups in total. The third kappa shape index (κ3) is 9.70. The molecule has 0 aromatic heterocycles. The van der Waals surface area contributed by atoms with Gasteiger partial charge in [0.05, 0.1) is 13.1 Å². The number of primary amides is 1. The molecule has 22 heavy (non-hydrogen) atoms. The summed E-state index contributed by atoms with van der Waals surface area (Å²) in [6, 6.07) is -1.02. The minimum absolute atomic E-state index is 0.0147. The average Bonchev–Trinajstić information content (AvgIpc) is 2.38. The molecule has 0 bridgehead atoms. The van der Waals surface area contributed by atoms with Crippen LogP contribution in [0.3, 0.4) is 0 Å². The summed E-state index contributed by atoms with van der Waals surface area (Å²) in [5.41, 5.74) is 9.39. The van der Waals surface area contributed by atoms with Crippen molar-refractivity contribution >= 4 is 23.7 Å². The fourth-order valence-corrected chi connectivity index (χ4v) is 1.40. The Bertz CT molecular complexity index is 431. The van der Waals surface area contributed by atoms with Gasteiger partial charge in [0.25, 0.3) is 0 Å². The van der Waals surface area contributed by atoms with Crippen molar-refractivity contribution in [3.8, 4) is 0 Å². The number of rotatable bonds is 8. The zero-order valence-corrected chi connectivity index (χ0v) is 13.1. The van der Waals surface area contributed by atoms with Gasteiger partial charge in [-0.3, -0.25) is 14.4 Å². The lowest BCUT2D eigenvalue weighted by Gasteiger charge is -2.24. The standard InChI is InChI=1S/C13H24N4O5/c1-13(2,3)22-12(21)8(4-5-9(15)18)17-11(20)7-16-10(19)6-14/h8H,4-7,14H2,1-3H3,(H2,15,18)(H,16,19)(H,17,20). The maximum absolute atomic E-state index is 12.0. The molecule has 126 valence electrons. The van der Waals surface area contributed by atoms with Gasteiger partial charge in [-0.15, -0.1) is 0 Å². The second-order valence-corrected chi connectivity index (χ2v) is 5.64. The van der Waals surface area contributed by atoms with Crippen LogP contribution in [-0.2, 0) is 23.9 Å². The Labute approximate surface area is 129 Å². The van der Waals surface area contributed by atoms with E-state index in [0.717, 1.165) is 0 Å². The van der Waals surface area contributed by atoms with Crippen LogP contribution in [0, 0.1) is 0 Å². The van der Waals surface area contributed by atoms with Crippen molar-refractivity contribution in [2.24, 2.45) is 11.5 Å². The summed E-state index contributed by atoms with van der Waals surface area (Å²) in [6.45, 7) is 4.47. The molecule has 0 spiro atoms. The molecule has 0 radical (unpaired) electrons. The van der Waals surface area contributed by atoms with Gasteiger partial charge in [0.1, 0.15) is 11.6 Å². The Morgan fingerprint density at radius 1 is 1.14 bits per heavy atom. The van der Waals surface area contributed by atoms with Gasteiger partial charge in [-0.25, -0.2) is 4.79 Å². The zero-order chi connectivity index (χ0) is 17.3. The summed E-state index contributed by atoms with van der Waals surface area (Å²) in [7, 11) is 0. The van der Waals surface area contributed by atoms with E-state index < -0.39 is 35.3 Å². The summed E-state index contributed by atoms with van der Waals surface area (Å²) in [5.74, 6) is -2.37. The average molecular weight is 316 g/mol.